The van der Waals surface area contributed by atoms with E-state index in [1.807, 2.05) is 0 Å². The van der Waals surface area contributed by atoms with Crippen molar-refractivity contribution in [3.8, 4) is 0 Å². The Labute approximate surface area is 124 Å². The van der Waals surface area contributed by atoms with Gasteiger partial charge in [0, 0.05) is 25.3 Å². The molecule has 0 radical (unpaired) electrons. The molecule has 2 nitrogen and oxygen atoms in total. The minimum Gasteiger partial charge on any atom is -0.374 e. The van der Waals surface area contributed by atoms with Crippen molar-refractivity contribution in [3.63, 3.8) is 0 Å². The van der Waals surface area contributed by atoms with E-state index in [0.717, 1.165) is 13.0 Å². The van der Waals surface area contributed by atoms with Crippen molar-refractivity contribution in [2.75, 3.05) is 18.5 Å². The molecule has 2 rings (SSSR count). The molecule has 0 amide bonds. The van der Waals surface area contributed by atoms with Crippen molar-refractivity contribution < 1.29 is 0 Å². The summed E-state index contributed by atoms with van der Waals surface area (Å²) in [7, 11) is 2.21. The summed E-state index contributed by atoms with van der Waals surface area (Å²) < 4.78 is 0. The summed E-state index contributed by atoms with van der Waals surface area (Å²) in [5.41, 5.74) is 9.23. The Balaban J connectivity index is 2.09. The Hall–Kier alpha value is -1.02. The average Bonchev–Trinajstić information content (AvgIpc) is 2.40. The summed E-state index contributed by atoms with van der Waals surface area (Å²) in [6.07, 6.45) is 2.41. The van der Waals surface area contributed by atoms with Gasteiger partial charge in [-0.05, 0) is 54.7 Å². The Morgan fingerprint density at radius 2 is 2.00 bits per heavy atom. The summed E-state index contributed by atoms with van der Waals surface area (Å²) in [6, 6.07) is 9.14. The molecule has 3 atom stereocenters. The zero-order valence-corrected chi connectivity index (χ0v) is 13.7. The van der Waals surface area contributed by atoms with Crippen molar-refractivity contribution in [1.29, 1.82) is 0 Å². The molecule has 3 unspecified atom stereocenters. The van der Waals surface area contributed by atoms with Crippen molar-refractivity contribution in [2.24, 2.45) is 23.0 Å². The van der Waals surface area contributed by atoms with Gasteiger partial charge in [0.15, 0.2) is 0 Å². The summed E-state index contributed by atoms with van der Waals surface area (Å²) >= 11 is 0. The maximum absolute atomic E-state index is 6.26. The van der Waals surface area contributed by atoms with Crippen molar-refractivity contribution >= 4 is 5.69 Å². The molecule has 0 aliphatic heterocycles. The predicted molar refractivity (Wildman–Crippen MR) is 88.1 cm³/mol. The Morgan fingerprint density at radius 3 is 2.65 bits per heavy atom. The van der Waals surface area contributed by atoms with Crippen LogP contribution in [0.5, 0.6) is 0 Å². The van der Waals surface area contributed by atoms with Crippen LogP contribution in [0.4, 0.5) is 5.69 Å². The topological polar surface area (TPSA) is 29.3 Å². The van der Waals surface area contributed by atoms with E-state index in [0.29, 0.717) is 23.3 Å². The first-order chi connectivity index (χ1) is 9.32. The molecular weight excluding hydrogens is 244 g/mol. The van der Waals surface area contributed by atoms with Crippen LogP contribution in [0.25, 0.3) is 0 Å². The second kappa shape index (κ2) is 5.77. The van der Waals surface area contributed by atoms with Crippen molar-refractivity contribution in [1.82, 2.24) is 0 Å². The fourth-order valence-corrected chi connectivity index (χ4v) is 3.57. The number of nitrogens with zero attached hydrogens (tertiary/aromatic N) is 1. The molecule has 0 bridgehead atoms. The second-order valence-corrected chi connectivity index (χ2v) is 7.27. The fraction of sp³-hybridized carbons (Fsp3) is 0.667. The molecule has 1 saturated carbocycles. The third-order valence-electron chi connectivity index (χ3n) is 5.65. The van der Waals surface area contributed by atoms with Crippen LogP contribution in [0.3, 0.4) is 0 Å². The van der Waals surface area contributed by atoms with Gasteiger partial charge in [0.2, 0.25) is 0 Å². The molecule has 2 N–H and O–H groups in total. The van der Waals surface area contributed by atoms with Crippen molar-refractivity contribution in [3.05, 3.63) is 29.8 Å². The van der Waals surface area contributed by atoms with Crippen LogP contribution in [-0.4, -0.2) is 19.6 Å². The Morgan fingerprint density at radius 1 is 1.30 bits per heavy atom. The van der Waals surface area contributed by atoms with E-state index in [1.54, 1.807) is 0 Å². The van der Waals surface area contributed by atoms with E-state index in [1.165, 1.54) is 17.7 Å². The normalized spacial score (nSPS) is 29.2. The molecule has 112 valence electrons. The van der Waals surface area contributed by atoms with E-state index < -0.39 is 0 Å². The van der Waals surface area contributed by atoms with Crippen LogP contribution in [0.15, 0.2) is 24.3 Å². The first kappa shape index (κ1) is 15.4. The van der Waals surface area contributed by atoms with Gasteiger partial charge in [-0.3, -0.25) is 0 Å². The number of hydrogen-bond acceptors (Lipinski definition) is 2. The summed E-state index contributed by atoms with van der Waals surface area (Å²) in [5, 5.41) is 0. The van der Waals surface area contributed by atoms with Crippen LogP contribution in [0.1, 0.15) is 39.2 Å². The SMILES string of the molecule is Cc1cccc(N(C)CC2CCC(N)C(C)C2(C)C)c1. The monoisotopic (exact) mass is 274 g/mol. The maximum Gasteiger partial charge on any atom is 0.0366 e. The Bertz CT molecular complexity index is 452. The third-order valence-corrected chi connectivity index (χ3v) is 5.65. The van der Waals surface area contributed by atoms with Gasteiger partial charge in [0.1, 0.15) is 0 Å². The van der Waals surface area contributed by atoms with Gasteiger partial charge >= 0.3 is 0 Å². The van der Waals surface area contributed by atoms with Crippen LogP contribution in [0, 0.1) is 24.2 Å². The highest BCUT2D eigenvalue weighted by Gasteiger charge is 2.41. The molecule has 1 aliphatic carbocycles. The van der Waals surface area contributed by atoms with Gasteiger partial charge in [-0.15, -0.1) is 0 Å². The molecule has 0 spiro atoms. The lowest BCUT2D eigenvalue weighted by Crippen LogP contribution is -2.49. The highest BCUT2D eigenvalue weighted by Crippen LogP contribution is 2.44. The highest BCUT2D eigenvalue weighted by molar-refractivity contribution is 5.47. The predicted octanol–water partition coefficient (Wildman–Crippen LogP) is 3.83. The van der Waals surface area contributed by atoms with Crippen LogP contribution in [0.2, 0.25) is 0 Å². The minimum absolute atomic E-state index is 0.315. The molecule has 0 saturated heterocycles. The molecule has 2 heteroatoms. The number of benzene rings is 1. The molecule has 1 aromatic rings. The average molecular weight is 274 g/mol. The van der Waals surface area contributed by atoms with Gasteiger partial charge in [0.05, 0.1) is 0 Å². The lowest BCUT2D eigenvalue weighted by Gasteiger charge is -2.48. The number of anilines is 1. The van der Waals surface area contributed by atoms with E-state index >= 15 is 0 Å². The van der Waals surface area contributed by atoms with Gasteiger partial charge in [-0.25, -0.2) is 0 Å². The molecule has 1 fully saturated rings. The maximum atomic E-state index is 6.26. The van der Waals surface area contributed by atoms with Gasteiger partial charge in [-0.2, -0.15) is 0 Å². The van der Waals surface area contributed by atoms with E-state index in [9.17, 15) is 0 Å². The third kappa shape index (κ3) is 3.01. The fourth-order valence-electron chi connectivity index (χ4n) is 3.57. The van der Waals surface area contributed by atoms with Gasteiger partial charge in [-0.1, -0.05) is 32.9 Å². The lowest BCUT2D eigenvalue weighted by molar-refractivity contribution is 0.0588. The highest BCUT2D eigenvalue weighted by atomic mass is 15.1. The number of aryl methyl sites for hydroxylation is 1. The minimum atomic E-state index is 0.315. The smallest absolute Gasteiger partial charge is 0.0366 e. The molecule has 20 heavy (non-hydrogen) atoms. The summed E-state index contributed by atoms with van der Waals surface area (Å²) in [6.45, 7) is 10.4. The first-order valence-corrected chi connectivity index (χ1v) is 7.85. The van der Waals surface area contributed by atoms with Crippen molar-refractivity contribution in [2.45, 2.75) is 46.6 Å². The first-order valence-electron chi connectivity index (χ1n) is 7.85. The zero-order chi connectivity index (χ0) is 14.9. The quantitative estimate of drug-likeness (QED) is 0.907. The number of hydrogen-bond donors (Lipinski definition) is 1. The van der Waals surface area contributed by atoms with Crippen LogP contribution >= 0.6 is 0 Å². The zero-order valence-electron chi connectivity index (χ0n) is 13.7. The molecular formula is C18H30N2. The Kier molecular flexibility index (Phi) is 4.43. The van der Waals surface area contributed by atoms with Crippen LogP contribution < -0.4 is 10.6 Å². The van der Waals surface area contributed by atoms with E-state index in [2.05, 4.69) is 63.9 Å². The molecule has 0 heterocycles. The summed E-state index contributed by atoms with van der Waals surface area (Å²) in [5.74, 6) is 1.30. The van der Waals surface area contributed by atoms with Gasteiger partial charge in [0.25, 0.3) is 0 Å². The standard InChI is InChI=1S/C18H30N2/c1-13-7-6-8-16(11-13)20(5)12-15-9-10-17(19)14(2)18(15,3)4/h6-8,11,14-15,17H,9-10,12,19H2,1-5H3. The lowest BCUT2D eigenvalue weighted by atomic mass is 9.61. The van der Waals surface area contributed by atoms with Crippen LogP contribution in [-0.2, 0) is 0 Å². The van der Waals surface area contributed by atoms with E-state index in [-0.39, 0.29) is 0 Å². The largest absolute Gasteiger partial charge is 0.374 e. The molecule has 1 aromatic carbocycles. The number of nitrogens with two attached hydrogens (primary N) is 1. The summed E-state index contributed by atoms with van der Waals surface area (Å²) in [4.78, 5) is 2.41. The number of rotatable bonds is 3. The van der Waals surface area contributed by atoms with Gasteiger partial charge < -0.3 is 10.6 Å². The molecule has 0 aromatic heterocycles. The van der Waals surface area contributed by atoms with E-state index in [4.69, 9.17) is 5.73 Å². The second-order valence-electron chi connectivity index (χ2n) is 7.27. The molecule has 1 aliphatic rings.